The van der Waals surface area contributed by atoms with Crippen LogP contribution in [0.2, 0.25) is 0 Å². The molecule has 0 bridgehead atoms. The minimum atomic E-state index is 0.234. The summed E-state index contributed by atoms with van der Waals surface area (Å²) >= 11 is 0. The summed E-state index contributed by atoms with van der Waals surface area (Å²) in [5, 5.41) is 0. The number of hydrogen-bond donors (Lipinski definition) is 1. The molecule has 1 aromatic carbocycles. The highest BCUT2D eigenvalue weighted by Gasteiger charge is 2.12. The molecule has 1 aliphatic heterocycles. The lowest BCUT2D eigenvalue weighted by molar-refractivity contribution is 0.0972. The molecule has 1 saturated heterocycles. The van der Waals surface area contributed by atoms with Crippen molar-refractivity contribution < 1.29 is 4.79 Å². The van der Waals surface area contributed by atoms with E-state index in [0.29, 0.717) is 13.0 Å². The summed E-state index contributed by atoms with van der Waals surface area (Å²) in [5.41, 5.74) is 7.45. The van der Waals surface area contributed by atoms with Crippen LogP contribution in [0.5, 0.6) is 0 Å². The molecule has 0 atom stereocenters. The van der Waals surface area contributed by atoms with E-state index in [4.69, 9.17) is 5.73 Å². The first-order chi connectivity index (χ1) is 9.31. The van der Waals surface area contributed by atoms with Gasteiger partial charge in [-0.1, -0.05) is 30.7 Å². The third kappa shape index (κ3) is 4.15. The van der Waals surface area contributed by atoms with Crippen LogP contribution < -0.4 is 5.73 Å². The Labute approximate surface area is 115 Å². The van der Waals surface area contributed by atoms with Gasteiger partial charge in [0.15, 0.2) is 5.78 Å². The molecule has 0 amide bonds. The van der Waals surface area contributed by atoms with Gasteiger partial charge >= 0.3 is 0 Å². The van der Waals surface area contributed by atoms with Crippen molar-refractivity contribution in [1.82, 2.24) is 4.90 Å². The fourth-order valence-corrected chi connectivity index (χ4v) is 2.75. The number of hydrogen-bond acceptors (Lipinski definition) is 3. The molecule has 0 radical (unpaired) electrons. The van der Waals surface area contributed by atoms with Gasteiger partial charge in [-0.2, -0.15) is 0 Å². The van der Waals surface area contributed by atoms with Gasteiger partial charge in [0.1, 0.15) is 0 Å². The second-order valence-electron chi connectivity index (χ2n) is 5.29. The Balaban J connectivity index is 1.80. The van der Waals surface area contributed by atoms with Gasteiger partial charge in [-0.25, -0.2) is 0 Å². The second kappa shape index (κ2) is 7.41. The van der Waals surface area contributed by atoms with E-state index >= 15 is 0 Å². The fraction of sp³-hybridized carbons (Fsp3) is 0.562. The molecule has 1 heterocycles. The van der Waals surface area contributed by atoms with Gasteiger partial charge in [0, 0.05) is 18.5 Å². The van der Waals surface area contributed by atoms with Crippen LogP contribution in [0, 0.1) is 0 Å². The third-order valence-electron chi connectivity index (χ3n) is 3.86. The van der Waals surface area contributed by atoms with Gasteiger partial charge in [-0.15, -0.1) is 0 Å². The van der Waals surface area contributed by atoms with E-state index < -0.39 is 0 Å². The maximum Gasteiger partial charge on any atom is 0.163 e. The highest BCUT2D eigenvalue weighted by molar-refractivity contribution is 5.97. The van der Waals surface area contributed by atoms with Crippen molar-refractivity contribution in [2.45, 2.75) is 38.6 Å². The van der Waals surface area contributed by atoms with E-state index in [1.165, 1.54) is 32.4 Å². The van der Waals surface area contributed by atoms with Gasteiger partial charge < -0.3 is 10.6 Å². The minimum Gasteiger partial charge on any atom is -0.326 e. The number of carbonyl (C=O) groups is 1. The maximum absolute atomic E-state index is 12.2. The molecular formula is C16H24N2O. The Morgan fingerprint density at radius 2 is 1.89 bits per heavy atom. The highest BCUT2D eigenvalue weighted by atomic mass is 16.1. The Bertz CT molecular complexity index is 411. The van der Waals surface area contributed by atoms with Crippen LogP contribution >= 0.6 is 0 Å². The zero-order valence-electron chi connectivity index (χ0n) is 11.6. The molecule has 1 fully saturated rings. The molecule has 2 N–H and O–H groups in total. The molecule has 0 aliphatic carbocycles. The standard InChI is InChI=1S/C16H24N2O/c17-13-14-7-2-3-8-15(14)16(19)9-6-12-18-10-4-1-5-11-18/h2-3,7-8H,1,4-6,9-13,17H2. The summed E-state index contributed by atoms with van der Waals surface area (Å²) in [6.07, 6.45) is 5.57. The average Bonchev–Trinajstić information content (AvgIpc) is 2.48. The van der Waals surface area contributed by atoms with Crippen molar-refractivity contribution in [1.29, 1.82) is 0 Å². The van der Waals surface area contributed by atoms with Crippen LogP contribution in [0.4, 0.5) is 0 Å². The number of carbonyl (C=O) groups excluding carboxylic acids is 1. The molecule has 2 rings (SSSR count). The van der Waals surface area contributed by atoms with E-state index in [-0.39, 0.29) is 5.78 Å². The smallest absolute Gasteiger partial charge is 0.163 e. The largest absolute Gasteiger partial charge is 0.326 e. The normalized spacial score (nSPS) is 16.5. The lowest BCUT2D eigenvalue weighted by Gasteiger charge is -2.26. The first-order valence-electron chi connectivity index (χ1n) is 7.35. The predicted octanol–water partition coefficient (Wildman–Crippen LogP) is 2.59. The van der Waals surface area contributed by atoms with E-state index in [2.05, 4.69) is 4.90 Å². The van der Waals surface area contributed by atoms with Gasteiger partial charge in [-0.3, -0.25) is 4.79 Å². The highest BCUT2D eigenvalue weighted by Crippen LogP contribution is 2.13. The number of rotatable bonds is 6. The van der Waals surface area contributed by atoms with Crippen molar-refractivity contribution in [3.05, 3.63) is 35.4 Å². The van der Waals surface area contributed by atoms with Crippen molar-refractivity contribution in [3.8, 4) is 0 Å². The predicted molar refractivity (Wildman–Crippen MR) is 78.2 cm³/mol. The van der Waals surface area contributed by atoms with Gasteiger partial charge in [0.2, 0.25) is 0 Å². The monoisotopic (exact) mass is 260 g/mol. The van der Waals surface area contributed by atoms with Crippen LogP contribution in [0.25, 0.3) is 0 Å². The number of likely N-dealkylation sites (tertiary alicyclic amines) is 1. The molecule has 1 aliphatic rings. The molecular weight excluding hydrogens is 236 g/mol. The number of ketones is 1. The fourth-order valence-electron chi connectivity index (χ4n) is 2.75. The summed E-state index contributed by atoms with van der Waals surface area (Å²) in [5.74, 6) is 0.234. The Kier molecular flexibility index (Phi) is 5.55. The number of nitrogens with zero attached hydrogens (tertiary/aromatic N) is 1. The first-order valence-corrected chi connectivity index (χ1v) is 7.35. The molecule has 0 aromatic heterocycles. The molecule has 104 valence electrons. The van der Waals surface area contributed by atoms with E-state index in [1.54, 1.807) is 0 Å². The summed E-state index contributed by atoms with van der Waals surface area (Å²) < 4.78 is 0. The number of nitrogens with two attached hydrogens (primary N) is 1. The molecule has 1 aromatic rings. The van der Waals surface area contributed by atoms with Crippen LogP contribution in [0.1, 0.15) is 48.0 Å². The van der Waals surface area contributed by atoms with E-state index in [9.17, 15) is 4.79 Å². The zero-order valence-corrected chi connectivity index (χ0v) is 11.6. The topological polar surface area (TPSA) is 46.3 Å². The van der Waals surface area contributed by atoms with Crippen LogP contribution in [-0.4, -0.2) is 30.3 Å². The van der Waals surface area contributed by atoms with Crippen LogP contribution in [0.3, 0.4) is 0 Å². The minimum absolute atomic E-state index is 0.234. The van der Waals surface area contributed by atoms with E-state index in [1.807, 2.05) is 24.3 Å². The lowest BCUT2D eigenvalue weighted by Crippen LogP contribution is -2.30. The van der Waals surface area contributed by atoms with Crippen LogP contribution in [-0.2, 0) is 6.54 Å². The number of piperidine rings is 1. The van der Waals surface area contributed by atoms with Crippen molar-refractivity contribution in [2.24, 2.45) is 5.73 Å². The number of Topliss-reactive ketones (excluding diaryl/α,β-unsaturated/α-hetero) is 1. The van der Waals surface area contributed by atoms with Crippen molar-refractivity contribution >= 4 is 5.78 Å². The SMILES string of the molecule is NCc1ccccc1C(=O)CCCN1CCCCC1. The summed E-state index contributed by atoms with van der Waals surface area (Å²) in [6, 6.07) is 7.69. The Morgan fingerprint density at radius 1 is 1.16 bits per heavy atom. The Hall–Kier alpha value is -1.19. The molecule has 3 heteroatoms. The zero-order chi connectivity index (χ0) is 13.5. The van der Waals surface area contributed by atoms with Crippen molar-refractivity contribution in [3.63, 3.8) is 0 Å². The maximum atomic E-state index is 12.2. The number of benzene rings is 1. The molecule has 3 nitrogen and oxygen atoms in total. The molecule has 0 spiro atoms. The summed E-state index contributed by atoms with van der Waals surface area (Å²) in [6.45, 7) is 3.89. The van der Waals surface area contributed by atoms with Gasteiger partial charge in [0.25, 0.3) is 0 Å². The second-order valence-corrected chi connectivity index (χ2v) is 5.29. The molecule has 19 heavy (non-hydrogen) atoms. The summed E-state index contributed by atoms with van der Waals surface area (Å²) in [7, 11) is 0. The molecule has 0 unspecified atom stereocenters. The quantitative estimate of drug-likeness (QED) is 0.800. The van der Waals surface area contributed by atoms with Crippen LogP contribution in [0.15, 0.2) is 24.3 Å². The van der Waals surface area contributed by atoms with E-state index in [0.717, 1.165) is 24.1 Å². The molecule has 0 saturated carbocycles. The summed E-state index contributed by atoms with van der Waals surface area (Å²) in [4.78, 5) is 14.7. The average molecular weight is 260 g/mol. The first kappa shape index (κ1) is 14.2. The van der Waals surface area contributed by atoms with Gasteiger partial charge in [0.05, 0.1) is 0 Å². The van der Waals surface area contributed by atoms with Gasteiger partial charge in [-0.05, 0) is 44.5 Å². The third-order valence-corrected chi connectivity index (χ3v) is 3.86. The lowest BCUT2D eigenvalue weighted by atomic mass is 10.0. The van der Waals surface area contributed by atoms with Crippen molar-refractivity contribution in [2.75, 3.05) is 19.6 Å². The Morgan fingerprint density at radius 3 is 2.63 bits per heavy atom.